The Balaban J connectivity index is 2.13. The molecule has 1 aliphatic heterocycles. The van der Waals surface area contributed by atoms with Crippen molar-refractivity contribution >= 4 is 17.3 Å². The molecule has 3 N–H and O–H groups in total. The molecule has 1 aliphatic rings. The Morgan fingerprint density at radius 1 is 1.26 bits per heavy atom. The van der Waals surface area contributed by atoms with Gasteiger partial charge in [0.05, 0.1) is 6.04 Å². The van der Waals surface area contributed by atoms with Crippen LogP contribution in [0.4, 0.5) is 11.4 Å². The lowest BCUT2D eigenvalue weighted by atomic mass is 9.88. The number of nitrogens with zero attached hydrogens (tertiary/aromatic N) is 1. The lowest BCUT2D eigenvalue weighted by molar-refractivity contribution is -0.124. The monoisotopic (exact) mass is 317 g/mol. The number of carbonyl (C=O) groups is 1. The van der Waals surface area contributed by atoms with Crippen LogP contribution in [-0.4, -0.2) is 29.9 Å². The van der Waals surface area contributed by atoms with Gasteiger partial charge in [0.2, 0.25) is 5.91 Å². The summed E-state index contributed by atoms with van der Waals surface area (Å²) in [5.41, 5.74) is 8.47. The van der Waals surface area contributed by atoms with Crippen LogP contribution in [0.2, 0.25) is 0 Å². The fourth-order valence-electron chi connectivity index (χ4n) is 3.76. The Hall–Kier alpha value is -1.55. The number of rotatable bonds is 4. The van der Waals surface area contributed by atoms with E-state index in [1.54, 1.807) is 0 Å². The summed E-state index contributed by atoms with van der Waals surface area (Å²) in [6.07, 6.45) is 1.25. The van der Waals surface area contributed by atoms with E-state index in [9.17, 15) is 4.79 Å². The van der Waals surface area contributed by atoms with Crippen molar-refractivity contribution < 1.29 is 4.79 Å². The summed E-state index contributed by atoms with van der Waals surface area (Å²) >= 11 is 0. The molecule has 2 rings (SSSR count). The number of nitrogen functional groups attached to an aromatic ring is 1. The van der Waals surface area contributed by atoms with Crippen molar-refractivity contribution in [3.05, 3.63) is 23.8 Å². The van der Waals surface area contributed by atoms with E-state index in [-0.39, 0.29) is 17.9 Å². The molecule has 1 amide bonds. The highest BCUT2D eigenvalue weighted by atomic mass is 16.2. The number of nitrogens with two attached hydrogens (primary N) is 1. The summed E-state index contributed by atoms with van der Waals surface area (Å²) in [5.74, 6) is 1.63. The molecule has 0 aromatic heterocycles. The van der Waals surface area contributed by atoms with Gasteiger partial charge in [0.25, 0.3) is 0 Å². The molecule has 1 saturated heterocycles. The standard InChI is InChI=1S/C19H31N3O/c1-12(2)18(22-10-13(3)8-14(4)11-22)19(23)21-16-7-6-15(5)17(20)9-16/h6-7,9,12-14,18H,8,10-11,20H2,1-5H3,(H,21,23). The summed E-state index contributed by atoms with van der Waals surface area (Å²) < 4.78 is 0. The van der Waals surface area contributed by atoms with Gasteiger partial charge in [0.1, 0.15) is 0 Å². The number of hydrogen-bond acceptors (Lipinski definition) is 3. The maximum absolute atomic E-state index is 12.9. The molecule has 3 unspecified atom stereocenters. The van der Waals surface area contributed by atoms with Gasteiger partial charge in [0, 0.05) is 24.5 Å². The van der Waals surface area contributed by atoms with Crippen molar-refractivity contribution in [3.8, 4) is 0 Å². The third-order valence-corrected chi connectivity index (χ3v) is 4.74. The molecule has 1 aromatic rings. The minimum absolute atomic E-state index is 0.0737. The number of hydrogen-bond donors (Lipinski definition) is 2. The highest BCUT2D eigenvalue weighted by molar-refractivity contribution is 5.95. The van der Waals surface area contributed by atoms with Crippen molar-refractivity contribution in [1.29, 1.82) is 0 Å². The van der Waals surface area contributed by atoms with E-state index >= 15 is 0 Å². The molecule has 0 radical (unpaired) electrons. The molecule has 1 heterocycles. The maximum Gasteiger partial charge on any atom is 0.241 e. The normalized spacial score (nSPS) is 23.7. The molecular formula is C19H31N3O. The number of nitrogens with one attached hydrogen (secondary N) is 1. The molecule has 23 heavy (non-hydrogen) atoms. The van der Waals surface area contributed by atoms with Gasteiger partial charge < -0.3 is 11.1 Å². The van der Waals surface area contributed by atoms with Crippen molar-refractivity contribution in [2.45, 2.75) is 47.1 Å². The highest BCUT2D eigenvalue weighted by Crippen LogP contribution is 2.26. The summed E-state index contributed by atoms with van der Waals surface area (Å²) in [4.78, 5) is 15.2. The highest BCUT2D eigenvalue weighted by Gasteiger charge is 2.33. The van der Waals surface area contributed by atoms with Crippen molar-refractivity contribution in [2.75, 3.05) is 24.1 Å². The van der Waals surface area contributed by atoms with Crippen molar-refractivity contribution in [1.82, 2.24) is 4.90 Å². The van der Waals surface area contributed by atoms with Crippen LogP contribution in [0.15, 0.2) is 18.2 Å². The van der Waals surface area contributed by atoms with E-state index in [0.29, 0.717) is 17.5 Å². The molecule has 0 spiro atoms. The summed E-state index contributed by atoms with van der Waals surface area (Å²) in [6.45, 7) is 12.8. The summed E-state index contributed by atoms with van der Waals surface area (Å²) in [5, 5.41) is 3.06. The van der Waals surface area contributed by atoms with Gasteiger partial charge >= 0.3 is 0 Å². The zero-order chi connectivity index (χ0) is 17.1. The molecular weight excluding hydrogens is 286 g/mol. The van der Waals surface area contributed by atoms with E-state index in [1.807, 2.05) is 25.1 Å². The second kappa shape index (κ2) is 7.35. The SMILES string of the molecule is Cc1ccc(NC(=O)C(C(C)C)N2CC(C)CC(C)C2)cc1N. The largest absolute Gasteiger partial charge is 0.398 e. The summed E-state index contributed by atoms with van der Waals surface area (Å²) in [6, 6.07) is 5.61. The van der Waals surface area contributed by atoms with Crippen LogP contribution in [0.1, 0.15) is 39.7 Å². The fourth-order valence-corrected chi connectivity index (χ4v) is 3.76. The predicted octanol–water partition coefficient (Wildman–Crippen LogP) is 3.52. The van der Waals surface area contributed by atoms with E-state index in [1.165, 1.54) is 6.42 Å². The topological polar surface area (TPSA) is 58.4 Å². The molecule has 1 aromatic carbocycles. The Morgan fingerprint density at radius 2 is 1.87 bits per heavy atom. The van der Waals surface area contributed by atoms with Crippen LogP contribution in [0.3, 0.4) is 0 Å². The van der Waals surface area contributed by atoms with Crippen LogP contribution in [0, 0.1) is 24.7 Å². The quantitative estimate of drug-likeness (QED) is 0.835. The van der Waals surface area contributed by atoms with Gasteiger partial charge in [-0.3, -0.25) is 9.69 Å². The van der Waals surface area contributed by atoms with Gasteiger partial charge in [-0.05, 0) is 48.8 Å². The van der Waals surface area contributed by atoms with Crippen LogP contribution in [0.5, 0.6) is 0 Å². The van der Waals surface area contributed by atoms with Gasteiger partial charge in [-0.25, -0.2) is 0 Å². The number of piperidine rings is 1. The molecule has 4 heteroatoms. The third-order valence-electron chi connectivity index (χ3n) is 4.74. The van der Waals surface area contributed by atoms with Gasteiger partial charge in [0.15, 0.2) is 0 Å². The average Bonchev–Trinajstić information content (AvgIpc) is 2.41. The fraction of sp³-hybridized carbons (Fsp3) is 0.632. The average molecular weight is 317 g/mol. The zero-order valence-corrected chi connectivity index (χ0v) is 15.1. The molecule has 0 aliphatic carbocycles. The number of benzene rings is 1. The minimum Gasteiger partial charge on any atom is -0.398 e. The molecule has 0 saturated carbocycles. The molecule has 3 atom stereocenters. The first-order chi connectivity index (χ1) is 10.8. The molecule has 1 fully saturated rings. The Kier molecular flexibility index (Phi) is 5.69. The van der Waals surface area contributed by atoms with Crippen molar-refractivity contribution in [2.24, 2.45) is 17.8 Å². The Morgan fingerprint density at radius 3 is 2.39 bits per heavy atom. The molecule has 0 bridgehead atoms. The number of amides is 1. The smallest absolute Gasteiger partial charge is 0.241 e. The predicted molar refractivity (Wildman–Crippen MR) is 97.4 cm³/mol. The van der Waals surface area contributed by atoms with E-state index in [0.717, 1.165) is 24.3 Å². The van der Waals surface area contributed by atoms with Crippen LogP contribution < -0.4 is 11.1 Å². The first kappa shape index (κ1) is 17.8. The molecule has 128 valence electrons. The zero-order valence-electron chi connectivity index (χ0n) is 15.1. The summed E-state index contributed by atoms with van der Waals surface area (Å²) in [7, 11) is 0. The maximum atomic E-state index is 12.9. The van der Waals surface area contributed by atoms with Gasteiger partial charge in [-0.15, -0.1) is 0 Å². The van der Waals surface area contributed by atoms with Crippen LogP contribution in [-0.2, 0) is 4.79 Å². The lowest BCUT2D eigenvalue weighted by Gasteiger charge is -2.41. The number of likely N-dealkylation sites (tertiary alicyclic amines) is 1. The minimum atomic E-state index is -0.0947. The van der Waals surface area contributed by atoms with Gasteiger partial charge in [-0.2, -0.15) is 0 Å². The Labute approximate surface area is 140 Å². The number of carbonyl (C=O) groups excluding carboxylic acids is 1. The second-order valence-corrected chi connectivity index (χ2v) is 7.65. The first-order valence-corrected chi connectivity index (χ1v) is 8.69. The first-order valence-electron chi connectivity index (χ1n) is 8.69. The lowest BCUT2D eigenvalue weighted by Crippen LogP contribution is -2.52. The van der Waals surface area contributed by atoms with E-state index in [2.05, 4.69) is 37.9 Å². The van der Waals surface area contributed by atoms with Crippen LogP contribution in [0.25, 0.3) is 0 Å². The van der Waals surface area contributed by atoms with E-state index in [4.69, 9.17) is 5.73 Å². The van der Waals surface area contributed by atoms with Crippen molar-refractivity contribution in [3.63, 3.8) is 0 Å². The molecule has 4 nitrogen and oxygen atoms in total. The van der Waals surface area contributed by atoms with E-state index < -0.39 is 0 Å². The number of anilines is 2. The van der Waals surface area contributed by atoms with Gasteiger partial charge in [-0.1, -0.05) is 33.8 Å². The van der Waals surface area contributed by atoms with Crippen LogP contribution >= 0.6 is 0 Å². The Bertz CT molecular complexity index is 546. The second-order valence-electron chi connectivity index (χ2n) is 7.65. The third kappa shape index (κ3) is 4.47. The number of aryl methyl sites for hydroxylation is 1.